The zero-order chi connectivity index (χ0) is 21.6. The van der Waals surface area contributed by atoms with Crippen molar-refractivity contribution in [2.75, 3.05) is 32.0 Å². The number of ether oxygens (including phenoxy) is 3. The van der Waals surface area contributed by atoms with Gasteiger partial charge in [-0.15, -0.1) is 0 Å². The summed E-state index contributed by atoms with van der Waals surface area (Å²) < 4.78 is 16.1. The van der Waals surface area contributed by atoms with E-state index >= 15 is 0 Å². The van der Waals surface area contributed by atoms with E-state index in [1.54, 1.807) is 45.7 Å². The smallest absolute Gasteiger partial charge is 0.229 e. The Labute approximate surface area is 178 Å². The summed E-state index contributed by atoms with van der Waals surface area (Å²) in [4.78, 5) is 13.2. The summed E-state index contributed by atoms with van der Waals surface area (Å²) in [6.07, 6.45) is 1.63. The van der Waals surface area contributed by atoms with Crippen LogP contribution in [0.2, 0.25) is 0 Å². The Morgan fingerprint density at radius 2 is 1.58 bits per heavy atom. The molecule has 0 saturated heterocycles. The number of nitrogens with one attached hydrogen (secondary N) is 3. The van der Waals surface area contributed by atoms with Crippen molar-refractivity contribution in [3.05, 3.63) is 54.7 Å². The van der Waals surface area contributed by atoms with Crippen molar-refractivity contribution in [1.82, 2.24) is 25.1 Å². The predicted octanol–water partition coefficient (Wildman–Crippen LogP) is 3.77. The lowest BCUT2D eigenvalue weighted by molar-refractivity contribution is 0.324. The van der Waals surface area contributed by atoms with Crippen LogP contribution < -0.4 is 24.8 Å². The summed E-state index contributed by atoms with van der Waals surface area (Å²) in [6.45, 7) is 0. The maximum Gasteiger partial charge on any atom is 0.229 e. The van der Waals surface area contributed by atoms with Crippen LogP contribution in [-0.4, -0.2) is 46.5 Å². The number of methoxy groups -OCH3 is 3. The fourth-order valence-electron chi connectivity index (χ4n) is 2.93. The van der Waals surface area contributed by atoms with Gasteiger partial charge < -0.3 is 24.8 Å². The maximum absolute atomic E-state index is 5.38. The molecule has 0 bridgehead atoms. The number of hydrogen-bond donors (Lipinski definition) is 3. The molecule has 3 N–H and O–H groups in total. The molecular formula is C21H21N7O3. The molecule has 0 amide bonds. The number of benzene rings is 2. The lowest BCUT2D eigenvalue weighted by Crippen LogP contribution is -2.02. The van der Waals surface area contributed by atoms with E-state index in [1.165, 1.54) is 0 Å². The van der Waals surface area contributed by atoms with E-state index in [0.717, 1.165) is 5.56 Å². The van der Waals surface area contributed by atoms with Crippen LogP contribution in [0.1, 0.15) is 0 Å². The normalized spacial score (nSPS) is 10.4. The van der Waals surface area contributed by atoms with Crippen LogP contribution >= 0.6 is 0 Å². The summed E-state index contributed by atoms with van der Waals surface area (Å²) in [5, 5.41) is 13.3. The lowest BCUT2D eigenvalue weighted by Gasteiger charge is -2.14. The van der Waals surface area contributed by atoms with Gasteiger partial charge in [-0.05, 0) is 6.07 Å². The van der Waals surface area contributed by atoms with Crippen LogP contribution in [0.25, 0.3) is 11.4 Å². The second-order valence-corrected chi connectivity index (χ2v) is 6.30. The number of nitrogens with zero attached hydrogens (tertiary/aromatic N) is 4. The van der Waals surface area contributed by atoms with Crippen molar-refractivity contribution in [2.24, 2.45) is 0 Å². The number of anilines is 4. The van der Waals surface area contributed by atoms with Crippen LogP contribution in [-0.2, 0) is 0 Å². The van der Waals surface area contributed by atoms with Crippen molar-refractivity contribution >= 4 is 23.4 Å². The van der Waals surface area contributed by atoms with Gasteiger partial charge >= 0.3 is 0 Å². The van der Waals surface area contributed by atoms with Crippen molar-refractivity contribution in [3.63, 3.8) is 0 Å². The second kappa shape index (κ2) is 8.99. The standard InChI is InChI=1S/C21H21N7O3/c1-29-15-11-14(12-16(30-2)18(15)31-3)23-20-22-10-9-17(24-20)25-21-26-19(27-28-21)13-7-5-4-6-8-13/h4-12H,1-3H3,(H3,22,23,24,25,26,27,28). The second-order valence-electron chi connectivity index (χ2n) is 6.30. The molecule has 0 aliphatic carbocycles. The van der Waals surface area contributed by atoms with E-state index in [0.29, 0.717) is 46.5 Å². The minimum absolute atomic E-state index is 0.377. The van der Waals surface area contributed by atoms with E-state index < -0.39 is 0 Å². The molecule has 2 aromatic carbocycles. The molecule has 4 rings (SSSR count). The fraction of sp³-hybridized carbons (Fsp3) is 0.143. The monoisotopic (exact) mass is 419 g/mol. The van der Waals surface area contributed by atoms with Crippen LogP contribution in [0, 0.1) is 0 Å². The first kappa shape index (κ1) is 20.0. The van der Waals surface area contributed by atoms with Gasteiger partial charge in [0.2, 0.25) is 17.6 Å². The van der Waals surface area contributed by atoms with Gasteiger partial charge in [-0.25, -0.2) is 10.1 Å². The molecule has 158 valence electrons. The van der Waals surface area contributed by atoms with Gasteiger partial charge in [-0.3, -0.25) is 0 Å². The van der Waals surface area contributed by atoms with Crippen molar-refractivity contribution in [2.45, 2.75) is 0 Å². The molecule has 0 unspecified atom stereocenters. The van der Waals surface area contributed by atoms with Gasteiger partial charge in [-0.2, -0.15) is 15.1 Å². The third kappa shape index (κ3) is 4.47. The topological polar surface area (TPSA) is 119 Å². The molecule has 10 heteroatoms. The highest BCUT2D eigenvalue weighted by Crippen LogP contribution is 2.40. The first-order chi connectivity index (χ1) is 15.2. The highest BCUT2D eigenvalue weighted by molar-refractivity contribution is 5.66. The van der Waals surface area contributed by atoms with Gasteiger partial charge in [0.05, 0.1) is 21.3 Å². The highest BCUT2D eigenvalue weighted by atomic mass is 16.5. The van der Waals surface area contributed by atoms with Gasteiger partial charge in [0.1, 0.15) is 5.82 Å². The van der Waals surface area contributed by atoms with Crippen molar-refractivity contribution in [3.8, 4) is 28.6 Å². The number of H-pyrrole nitrogens is 1. The molecule has 0 aliphatic rings. The number of rotatable bonds is 8. The summed E-state index contributed by atoms with van der Waals surface area (Å²) in [5.74, 6) is 3.53. The van der Waals surface area contributed by atoms with Crippen molar-refractivity contribution in [1.29, 1.82) is 0 Å². The van der Waals surface area contributed by atoms with Crippen LogP contribution in [0.15, 0.2) is 54.7 Å². The third-order valence-corrected chi connectivity index (χ3v) is 4.34. The molecule has 0 aliphatic heterocycles. The van der Waals surface area contributed by atoms with Crippen LogP contribution in [0.4, 0.5) is 23.4 Å². The predicted molar refractivity (Wildman–Crippen MR) is 117 cm³/mol. The molecule has 2 heterocycles. The summed E-state index contributed by atoms with van der Waals surface area (Å²) >= 11 is 0. The fourth-order valence-corrected chi connectivity index (χ4v) is 2.93. The summed E-state index contributed by atoms with van der Waals surface area (Å²) in [7, 11) is 4.67. The number of aromatic amines is 1. The first-order valence-corrected chi connectivity index (χ1v) is 9.35. The van der Waals surface area contributed by atoms with E-state index in [-0.39, 0.29) is 0 Å². The van der Waals surface area contributed by atoms with Gasteiger partial charge in [0, 0.05) is 29.6 Å². The quantitative estimate of drug-likeness (QED) is 0.392. The molecular weight excluding hydrogens is 398 g/mol. The Hall–Kier alpha value is -4.34. The molecule has 4 aromatic rings. The Morgan fingerprint density at radius 3 is 2.26 bits per heavy atom. The SMILES string of the molecule is COc1cc(Nc2nccc(Nc3nc(-c4ccccc4)n[nH]3)n2)cc(OC)c1OC. The van der Waals surface area contributed by atoms with Gasteiger partial charge in [0.25, 0.3) is 0 Å². The van der Waals surface area contributed by atoms with E-state index in [9.17, 15) is 0 Å². The Bertz CT molecular complexity index is 1140. The zero-order valence-corrected chi connectivity index (χ0v) is 17.2. The molecule has 0 atom stereocenters. The highest BCUT2D eigenvalue weighted by Gasteiger charge is 2.14. The Kier molecular flexibility index (Phi) is 5.79. The minimum Gasteiger partial charge on any atom is -0.493 e. The van der Waals surface area contributed by atoms with E-state index in [2.05, 4.69) is 35.8 Å². The summed E-state index contributed by atoms with van der Waals surface area (Å²) in [6, 6.07) is 15.0. The van der Waals surface area contributed by atoms with Crippen LogP contribution in [0.5, 0.6) is 17.2 Å². The minimum atomic E-state index is 0.377. The third-order valence-electron chi connectivity index (χ3n) is 4.34. The summed E-state index contributed by atoms with van der Waals surface area (Å²) in [5.41, 5.74) is 1.59. The van der Waals surface area contributed by atoms with Gasteiger partial charge in [-0.1, -0.05) is 30.3 Å². The number of hydrogen-bond acceptors (Lipinski definition) is 9. The lowest BCUT2D eigenvalue weighted by atomic mass is 10.2. The largest absolute Gasteiger partial charge is 0.493 e. The molecule has 0 saturated carbocycles. The average Bonchev–Trinajstić information content (AvgIpc) is 3.27. The zero-order valence-electron chi connectivity index (χ0n) is 17.2. The average molecular weight is 419 g/mol. The first-order valence-electron chi connectivity index (χ1n) is 9.35. The molecule has 10 nitrogen and oxygen atoms in total. The molecule has 31 heavy (non-hydrogen) atoms. The number of aromatic nitrogens is 5. The Morgan fingerprint density at radius 1 is 0.839 bits per heavy atom. The maximum atomic E-state index is 5.38. The van der Waals surface area contributed by atoms with Crippen LogP contribution in [0.3, 0.4) is 0 Å². The molecule has 2 aromatic heterocycles. The Balaban J connectivity index is 1.52. The molecule has 0 radical (unpaired) electrons. The van der Waals surface area contributed by atoms with E-state index in [1.807, 2.05) is 30.3 Å². The van der Waals surface area contributed by atoms with E-state index in [4.69, 9.17) is 14.2 Å². The molecule has 0 spiro atoms. The molecule has 0 fully saturated rings. The van der Waals surface area contributed by atoms with Crippen molar-refractivity contribution < 1.29 is 14.2 Å². The van der Waals surface area contributed by atoms with Gasteiger partial charge in [0.15, 0.2) is 17.3 Å².